The molecule has 0 saturated heterocycles. The summed E-state index contributed by atoms with van der Waals surface area (Å²) in [4.78, 5) is 11.5. The average molecular weight is 295 g/mol. The highest BCUT2D eigenvalue weighted by Gasteiger charge is 2.11. The molecule has 1 aromatic rings. The highest BCUT2D eigenvalue weighted by Crippen LogP contribution is 2.20. The SMILES string of the molecule is O=C(NCCCCl)c1cccc(F)c1Br. The summed E-state index contributed by atoms with van der Waals surface area (Å²) in [6.07, 6.45) is 0.695. The zero-order valence-corrected chi connectivity index (χ0v) is 10.2. The molecule has 0 saturated carbocycles. The molecule has 1 amide bonds. The molecule has 1 rings (SSSR count). The summed E-state index contributed by atoms with van der Waals surface area (Å²) in [6, 6.07) is 4.35. The second-order valence-corrected chi connectivity index (χ2v) is 4.07. The predicted molar refractivity (Wildman–Crippen MR) is 61.8 cm³/mol. The molecule has 15 heavy (non-hydrogen) atoms. The van der Waals surface area contributed by atoms with Crippen LogP contribution in [-0.4, -0.2) is 18.3 Å². The lowest BCUT2D eigenvalue weighted by Gasteiger charge is -2.06. The Morgan fingerprint density at radius 3 is 2.93 bits per heavy atom. The number of alkyl halides is 1. The number of nitrogens with one attached hydrogen (secondary N) is 1. The van der Waals surface area contributed by atoms with Crippen molar-refractivity contribution in [3.8, 4) is 0 Å². The van der Waals surface area contributed by atoms with Crippen molar-refractivity contribution in [1.82, 2.24) is 5.32 Å². The van der Waals surface area contributed by atoms with Crippen LogP contribution in [0.25, 0.3) is 0 Å². The van der Waals surface area contributed by atoms with Crippen LogP contribution in [0.3, 0.4) is 0 Å². The van der Waals surface area contributed by atoms with E-state index in [2.05, 4.69) is 21.2 Å². The standard InChI is InChI=1S/C10H10BrClFNO/c11-9-7(3-1-4-8(9)13)10(15)14-6-2-5-12/h1,3-4H,2,5-6H2,(H,14,15). The first-order chi connectivity index (χ1) is 7.16. The molecule has 0 radical (unpaired) electrons. The maximum absolute atomic E-state index is 13.1. The molecule has 1 N–H and O–H groups in total. The van der Waals surface area contributed by atoms with Crippen molar-refractivity contribution < 1.29 is 9.18 Å². The van der Waals surface area contributed by atoms with Gasteiger partial charge >= 0.3 is 0 Å². The van der Waals surface area contributed by atoms with Crippen LogP contribution in [0.1, 0.15) is 16.8 Å². The van der Waals surface area contributed by atoms with E-state index in [1.807, 2.05) is 0 Å². The van der Waals surface area contributed by atoms with Gasteiger partial charge in [-0.05, 0) is 34.5 Å². The summed E-state index contributed by atoms with van der Waals surface area (Å²) >= 11 is 8.49. The number of rotatable bonds is 4. The van der Waals surface area contributed by atoms with Crippen molar-refractivity contribution in [2.75, 3.05) is 12.4 Å². The zero-order valence-electron chi connectivity index (χ0n) is 7.90. The lowest BCUT2D eigenvalue weighted by Crippen LogP contribution is -2.25. The third-order valence-electron chi connectivity index (χ3n) is 1.79. The van der Waals surface area contributed by atoms with E-state index in [-0.39, 0.29) is 10.4 Å². The van der Waals surface area contributed by atoms with Gasteiger partial charge in [-0.15, -0.1) is 11.6 Å². The van der Waals surface area contributed by atoms with Gasteiger partial charge in [-0.1, -0.05) is 6.07 Å². The average Bonchev–Trinajstić information content (AvgIpc) is 2.22. The topological polar surface area (TPSA) is 29.1 Å². The number of halogens is 3. The molecule has 0 fully saturated rings. The van der Waals surface area contributed by atoms with E-state index < -0.39 is 5.82 Å². The van der Waals surface area contributed by atoms with Gasteiger partial charge in [-0.2, -0.15) is 0 Å². The Morgan fingerprint density at radius 2 is 2.27 bits per heavy atom. The molecule has 82 valence electrons. The van der Waals surface area contributed by atoms with Crippen molar-refractivity contribution in [2.24, 2.45) is 0 Å². The first-order valence-corrected chi connectivity index (χ1v) is 5.77. The van der Waals surface area contributed by atoms with Gasteiger partial charge in [0.15, 0.2) is 0 Å². The summed E-state index contributed by atoms with van der Waals surface area (Å²) in [6.45, 7) is 0.491. The van der Waals surface area contributed by atoms with Gasteiger partial charge in [0.25, 0.3) is 5.91 Å². The van der Waals surface area contributed by atoms with E-state index in [0.717, 1.165) is 0 Å². The molecule has 0 bridgehead atoms. The van der Waals surface area contributed by atoms with Crippen LogP contribution in [0.5, 0.6) is 0 Å². The Labute approximate surface area is 101 Å². The van der Waals surface area contributed by atoms with Gasteiger partial charge in [0.1, 0.15) is 5.82 Å². The molecule has 0 aliphatic rings. The maximum atomic E-state index is 13.1. The van der Waals surface area contributed by atoms with Gasteiger partial charge in [0.05, 0.1) is 10.0 Å². The molecule has 2 nitrogen and oxygen atoms in total. The third-order valence-corrected chi connectivity index (χ3v) is 2.87. The summed E-state index contributed by atoms with van der Waals surface area (Å²) in [5, 5.41) is 2.65. The van der Waals surface area contributed by atoms with Crippen LogP contribution in [0.2, 0.25) is 0 Å². The van der Waals surface area contributed by atoms with Crippen molar-refractivity contribution in [3.63, 3.8) is 0 Å². The fourth-order valence-corrected chi connectivity index (χ4v) is 1.62. The van der Waals surface area contributed by atoms with Gasteiger partial charge in [0, 0.05) is 12.4 Å². The van der Waals surface area contributed by atoms with E-state index in [0.29, 0.717) is 24.4 Å². The van der Waals surface area contributed by atoms with E-state index in [1.54, 1.807) is 6.07 Å². The highest BCUT2D eigenvalue weighted by atomic mass is 79.9. The maximum Gasteiger partial charge on any atom is 0.252 e. The lowest BCUT2D eigenvalue weighted by molar-refractivity contribution is 0.0952. The minimum atomic E-state index is -0.444. The van der Waals surface area contributed by atoms with E-state index in [1.165, 1.54) is 12.1 Å². The number of carbonyl (C=O) groups excluding carboxylic acids is 1. The van der Waals surface area contributed by atoms with Gasteiger partial charge in [0.2, 0.25) is 0 Å². The second-order valence-electron chi connectivity index (χ2n) is 2.90. The Bertz CT molecular complexity index is 359. The summed E-state index contributed by atoms with van der Waals surface area (Å²) < 4.78 is 13.3. The molecule has 0 spiro atoms. The minimum Gasteiger partial charge on any atom is -0.352 e. The number of benzene rings is 1. The first-order valence-electron chi connectivity index (χ1n) is 4.45. The molecule has 1 aromatic carbocycles. The van der Waals surface area contributed by atoms with Gasteiger partial charge in [-0.3, -0.25) is 4.79 Å². The first kappa shape index (κ1) is 12.5. The van der Waals surface area contributed by atoms with Crippen molar-refractivity contribution in [2.45, 2.75) is 6.42 Å². The fourth-order valence-electron chi connectivity index (χ4n) is 1.04. The van der Waals surface area contributed by atoms with Crippen LogP contribution in [0, 0.1) is 5.82 Å². The van der Waals surface area contributed by atoms with Crippen LogP contribution < -0.4 is 5.32 Å². The monoisotopic (exact) mass is 293 g/mol. The normalized spacial score (nSPS) is 10.1. The van der Waals surface area contributed by atoms with Crippen LogP contribution in [0.4, 0.5) is 4.39 Å². The molecule has 0 atom stereocenters. The van der Waals surface area contributed by atoms with Crippen LogP contribution >= 0.6 is 27.5 Å². The minimum absolute atomic E-state index is 0.188. The molecular weight excluding hydrogens is 284 g/mol. The predicted octanol–water partition coefficient (Wildman–Crippen LogP) is 2.95. The van der Waals surface area contributed by atoms with Gasteiger partial charge in [-0.25, -0.2) is 4.39 Å². The van der Waals surface area contributed by atoms with Crippen LogP contribution in [-0.2, 0) is 0 Å². The van der Waals surface area contributed by atoms with Crippen molar-refractivity contribution in [3.05, 3.63) is 34.1 Å². The van der Waals surface area contributed by atoms with Crippen molar-refractivity contribution in [1.29, 1.82) is 0 Å². The van der Waals surface area contributed by atoms with E-state index in [9.17, 15) is 9.18 Å². The smallest absolute Gasteiger partial charge is 0.252 e. The Kier molecular flexibility index (Phi) is 5.05. The highest BCUT2D eigenvalue weighted by molar-refractivity contribution is 9.10. The third kappa shape index (κ3) is 3.47. The summed E-state index contributed by atoms with van der Waals surface area (Å²) in [7, 11) is 0. The van der Waals surface area contributed by atoms with E-state index in [4.69, 9.17) is 11.6 Å². The van der Waals surface area contributed by atoms with E-state index >= 15 is 0 Å². The number of hydrogen-bond acceptors (Lipinski definition) is 1. The molecule has 0 unspecified atom stereocenters. The Morgan fingerprint density at radius 1 is 1.53 bits per heavy atom. The Hall–Kier alpha value is -0.610. The molecule has 0 aliphatic carbocycles. The molecular formula is C10H10BrClFNO. The second kappa shape index (κ2) is 6.08. The number of hydrogen-bond donors (Lipinski definition) is 1. The fraction of sp³-hybridized carbons (Fsp3) is 0.300. The van der Waals surface area contributed by atoms with Crippen LogP contribution in [0.15, 0.2) is 22.7 Å². The summed E-state index contributed by atoms with van der Waals surface area (Å²) in [5.74, 6) is -0.253. The zero-order chi connectivity index (χ0) is 11.3. The molecule has 0 aliphatic heterocycles. The van der Waals surface area contributed by atoms with Gasteiger partial charge < -0.3 is 5.32 Å². The summed E-state index contributed by atoms with van der Waals surface area (Å²) in [5.41, 5.74) is 0.296. The quantitative estimate of drug-likeness (QED) is 0.671. The van der Waals surface area contributed by atoms with Crippen molar-refractivity contribution >= 4 is 33.4 Å². The molecule has 5 heteroatoms. The lowest BCUT2D eigenvalue weighted by atomic mass is 10.2. The molecule has 0 aromatic heterocycles. The number of carbonyl (C=O) groups is 1. The number of amides is 1. The Balaban J connectivity index is 2.69. The largest absolute Gasteiger partial charge is 0.352 e. The molecule has 0 heterocycles.